The van der Waals surface area contributed by atoms with Crippen molar-refractivity contribution in [2.45, 2.75) is 11.4 Å². The zero-order valence-corrected chi connectivity index (χ0v) is 11.9. The Hall–Kier alpha value is -2.32. The summed E-state index contributed by atoms with van der Waals surface area (Å²) < 4.78 is 36.3. The normalized spacial score (nSPS) is 11.3. The molecule has 2 N–H and O–H groups in total. The average molecular weight is 311 g/mol. The first kappa shape index (κ1) is 15.1. The molecular formula is C13H13NO6S. The number of furan rings is 1. The Bertz CT molecular complexity index is 732. The topological polar surface area (TPSA) is 106 Å². The van der Waals surface area contributed by atoms with Crippen LogP contribution in [-0.4, -0.2) is 26.6 Å². The maximum atomic E-state index is 12.0. The van der Waals surface area contributed by atoms with Gasteiger partial charge in [0.15, 0.2) is 0 Å². The molecule has 7 nitrogen and oxygen atoms in total. The molecule has 0 spiro atoms. The second kappa shape index (κ2) is 5.98. The number of carbonyl (C=O) groups is 1. The summed E-state index contributed by atoms with van der Waals surface area (Å²) in [6.07, 6.45) is 0. The van der Waals surface area contributed by atoms with Gasteiger partial charge in [-0.25, -0.2) is 17.9 Å². The molecule has 0 saturated heterocycles. The number of ether oxygens (including phenoxy) is 1. The molecule has 0 fully saturated rings. The zero-order chi connectivity index (χ0) is 15.5. The van der Waals surface area contributed by atoms with Gasteiger partial charge >= 0.3 is 5.97 Å². The fourth-order valence-electron chi connectivity index (χ4n) is 1.59. The SMILES string of the molecule is COc1ccc(S(=O)(=O)NCc2ccc(C(=O)O)o2)cc1. The van der Waals surface area contributed by atoms with Crippen LogP contribution in [0.1, 0.15) is 16.3 Å². The number of sulfonamides is 1. The smallest absolute Gasteiger partial charge is 0.371 e. The largest absolute Gasteiger partial charge is 0.497 e. The van der Waals surface area contributed by atoms with E-state index in [-0.39, 0.29) is 23.0 Å². The quantitative estimate of drug-likeness (QED) is 0.836. The van der Waals surface area contributed by atoms with Crippen molar-refractivity contribution in [3.8, 4) is 5.75 Å². The van der Waals surface area contributed by atoms with E-state index in [4.69, 9.17) is 14.3 Å². The molecule has 21 heavy (non-hydrogen) atoms. The molecule has 2 rings (SSSR count). The first-order chi connectivity index (χ1) is 9.92. The molecule has 0 amide bonds. The van der Waals surface area contributed by atoms with Crippen molar-refractivity contribution < 1.29 is 27.5 Å². The number of hydrogen-bond acceptors (Lipinski definition) is 5. The van der Waals surface area contributed by atoms with Gasteiger partial charge in [0.1, 0.15) is 11.5 Å². The van der Waals surface area contributed by atoms with Gasteiger partial charge in [-0.05, 0) is 36.4 Å². The van der Waals surface area contributed by atoms with Crippen molar-refractivity contribution in [3.05, 3.63) is 47.9 Å². The Morgan fingerprint density at radius 3 is 2.43 bits per heavy atom. The summed E-state index contributed by atoms with van der Waals surface area (Å²) >= 11 is 0. The number of benzene rings is 1. The predicted molar refractivity (Wildman–Crippen MR) is 72.7 cm³/mol. The number of rotatable bonds is 6. The number of methoxy groups -OCH3 is 1. The standard InChI is InChI=1S/C13H13NO6S/c1-19-9-2-5-11(6-3-9)21(17,18)14-8-10-4-7-12(20-10)13(15)16/h2-7,14H,8H2,1H3,(H,15,16). The molecule has 0 aliphatic rings. The summed E-state index contributed by atoms with van der Waals surface area (Å²) in [5.74, 6) is -0.691. The highest BCUT2D eigenvalue weighted by atomic mass is 32.2. The lowest BCUT2D eigenvalue weighted by atomic mass is 10.3. The maximum Gasteiger partial charge on any atom is 0.371 e. The van der Waals surface area contributed by atoms with Gasteiger partial charge in [-0.2, -0.15) is 0 Å². The van der Waals surface area contributed by atoms with Gasteiger partial charge in [0.25, 0.3) is 0 Å². The number of aromatic carboxylic acids is 1. The van der Waals surface area contributed by atoms with Crippen LogP contribution in [0.5, 0.6) is 5.75 Å². The van der Waals surface area contributed by atoms with Gasteiger partial charge in [0.2, 0.25) is 15.8 Å². The molecule has 0 aliphatic carbocycles. The number of carboxylic acid groups (broad SMARTS) is 1. The summed E-state index contributed by atoms with van der Waals surface area (Å²) in [7, 11) is -2.22. The van der Waals surface area contributed by atoms with Crippen LogP contribution in [0.4, 0.5) is 0 Å². The van der Waals surface area contributed by atoms with Crippen molar-refractivity contribution in [2.75, 3.05) is 7.11 Å². The van der Waals surface area contributed by atoms with E-state index in [2.05, 4.69) is 4.72 Å². The molecular weight excluding hydrogens is 298 g/mol. The van der Waals surface area contributed by atoms with Crippen molar-refractivity contribution >= 4 is 16.0 Å². The summed E-state index contributed by atoms with van der Waals surface area (Å²) in [5.41, 5.74) is 0. The first-order valence-corrected chi connectivity index (χ1v) is 7.36. The van der Waals surface area contributed by atoms with Crippen molar-refractivity contribution in [2.24, 2.45) is 0 Å². The number of carboxylic acids is 1. The Balaban J connectivity index is 2.07. The molecule has 0 radical (unpaired) electrons. The molecule has 112 valence electrons. The lowest BCUT2D eigenvalue weighted by molar-refractivity contribution is 0.0660. The minimum Gasteiger partial charge on any atom is -0.497 e. The van der Waals surface area contributed by atoms with Crippen molar-refractivity contribution in [1.29, 1.82) is 0 Å². The van der Waals surface area contributed by atoms with Gasteiger partial charge in [0, 0.05) is 0 Å². The van der Waals surface area contributed by atoms with Gasteiger partial charge in [-0.15, -0.1) is 0 Å². The van der Waals surface area contributed by atoms with Crippen LogP contribution >= 0.6 is 0 Å². The van der Waals surface area contributed by atoms with E-state index in [1.807, 2.05) is 0 Å². The van der Waals surface area contributed by atoms with E-state index in [9.17, 15) is 13.2 Å². The molecule has 0 unspecified atom stereocenters. The summed E-state index contributed by atoms with van der Waals surface area (Å²) in [4.78, 5) is 10.7. The second-order valence-corrected chi connectivity index (χ2v) is 5.84. The lowest BCUT2D eigenvalue weighted by Gasteiger charge is -2.06. The molecule has 1 aromatic carbocycles. The summed E-state index contributed by atoms with van der Waals surface area (Å²) in [6, 6.07) is 8.55. The lowest BCUT2D eigenvalue weighted by Crippen LogP contribution is -2.22. The number of hydrogen-bond donors (Lipinski definition) is 2. The third-order valence-electron chi connectivity index (χ3n) is 2.68. The van der Waals surface area contributed by atoms with Crippen molar-refractivity contribution in [1.82, 2.24) is 4.72 Å². The zero-order valence-electron chi connectivity index (χ0n) is 11.1. The third kappa shape index (κ3) is 3.61. The van der Waals surface area contributed by atoms with Crippen LogP contribution in [0.2, 0.25) is 0 Å². The van der Waals surface area contributed by atoms with Gasteiger partial charge in [-0.3, -0.25) is 0 Å². The molecule has 8 heteroatoms. The molecule has 0 bridgehead atoms. The van der Waals surface area contributed by atoms with Crippen LogP contribution < -0.4 is 9.46 Å². The highest BCUT2D eigenvalue weighted by molar-refractivity contribution is 7.89. The Morgan fingerprint density at radius 2 is 1.90 bits per heavy atom. The van der Waals surface area contributed by atoms with Crippen LogP contribution in [0.25, 0.3) is 0 Å². The first-order valence-electron chi connectivity index (χ1n) is 5.88. The van der Waals surface area contributed by atoms with Crippen LogP contribution in [0.3, 0.4) is 0 Å². The summed E-state index contributed by atoms with van der Waals surface area (Å²) in [5, 5.41) is 8.71. The Labute approximate surface area is 121 Å². The van der Waals surface area contributed by atoms with Crippen LogP contribution in [-0.2, 0) is 16.6 Å². The molecule has 1 aromatic heterocycles. The van der Waals surface area contributed by atoms with E-state index in [1.54, 1.807) is 0 Å². The van der Waals surface area contributed by atoms with Gasteiger partial charge < -0.3 is 14.3 Å². The van der Waals surface area contributed by atoms with Crippen LogP contribution in [0, 0.1) is 0 Å². The van der Waals surface area contributed by atoms with E-state index < -0.39 is 16.0 Å². The van der Waals surface area contributed by atoms with Crippen molar-refractivity contribution in [3.63, 3.8) is 0 Å². The van der Waals surface area contributed by atoms with E-state index in [1.165, 1.54) is 43.5 Å². The van der Waals surface area contributed by atoms with Gasteiger partial charge in [-0.1, -0.05) is 0 Å². The third-order valence-corrected chi connectivity index (χ3v) is 4.10. The maximum absolute atomic E-state index is 12.0. The van der Waals surface area contributed by atoms with E-state index in [0.717, 1.165) is 0 Å². The fourth-order valence-corrected chi connectivity index (χ4v) is 2.59. The van der Waals surface area contributed by atoms with E-state index in [0.29, 0.717) is 5.75 Å². The average Bonchev–Trinajstić information content (AvgIpc) is 2.94. The second-order valence-electron chi connectivity index (χ2n) is 4.07. The van der Waals surface area contributed by atoms with Crippen LogP contribution in [0.15, 0.2) is 45.7 Å². The minimum atomic E-state index is -3.71. The Morgan fingerprint density at radius 1 is 1.24 bits per heavy atom. The molecule has 0 atom stereocenters. The molecule has 0 aliphatic heterocycles. The predicted octanol–water partition coefficient (Wildman–Crippen LogP) is 1.46. The molecule has 2 aromatic rings. The molecule has 1 heterocycles. The number of nitrogens with one attached hydrogen (secondary N) is 1. The van der Waals surface area contributed by atoms with E-state index >= 15 is 0 Å². The monoisotopic (exact) mass is 311 g/mol. The Kier molecular flexibility index (Phi) is 4.29. The van der Waals surface area contributed by atoms with Gasteiger partial charge in [0.05, 0.1) is 18.6 Å². The minimum absolute atomic E-state index is 0.0771. The summed E-state index contributed by atoms with van der Waals surface area (Å²) in [6.45, 7) is -0.137. The molecule has 0 saturated carbocycles. The highest BCUT2D eigenvalue weighted by Crippen LogP contribution is 2.16. The fraction of sp³-hybridized carbons (Fsp3) is 0.154. The highest BCUT2D eigenvalue weighted by Gasteiger charge is 2.15.